The fourth-order valence-corrected chi connectivity index (χ4v) is 12.5. The quantitative estimate of drug-likeness (QED) is 0.113. The highest BCUT2D eigenvalue weighted by atomic mass is 32.2. The molecule has 0 radical (unpaired) electrons. The summed E-state index contributed by atoms with van der Waals surface area (Å²) in [5, 5.41) is 26.7. The van der Waals surface area contributed by atoms with Crippen molar-refractivity contribution in [3.05, 3.63) is 59.3 Å². The molecule has 7 rings (SSSR count). The predicted molar refractivity (Wildman–Crippen MR) is 256 cm³/mol. The minimum atomic E-state index is -1.84. The lowest BCUT2D eigenvalue weighted by atomic mass is 9.71. The molecule has 15 nitrogen and oxygen atoms in total. The first-order valence-corrected chi connectivity index (χ1v) is 26.0. The Kier molecular flexibility index (Phi) is 18.0. The summed E-state index contributed by atoms with van der Waals surface area (Å²) in [4.78, 5) is 25.8. The Morgan fingerprint density at radius 3 is 2.40 bits per heavy atom. The zero-order chi connectivity index (χ0) is 49.1. The lowest BCUT2D eigenvalue weighted by Crippen LogP contribution is -2.58. The van der Waals surface area contributed by atoms with Gasteiger partial charge in [-0.1, -0.05) is 70.6 Å². The van der Waals surface area contributed by atoms with E-state index in [0.717, 1.165) is 17.7 Å². The van der Waals surface area contributed by atoms with Crippen LogP contribution in [0.1, 0.15) is 101 Å². The number of nitrogens with one attached hydrogen (secondary N) is 1. The minimum Gasteiger partial charge on any atom is -0.462 e. The fraction of sp³-hybridized carbons (Fsp3) is 0.769. The zero-order valence-corrected chi connectivity index (χ0v) is 42.8. The van der Waals surface area contributed by atoms with Gasteiger partial charge in [0.15, 0.2) is 18.4 Å². The maximum absolute atomic E-state index is 14.4. The van der Waals surface area contributed by atoms with Crippen molar-refractivity contribution in [2.24, 2.45) is 23.7 Å². The Labute approximate surface area is 408 Å². The summed E-state index contributed by atoms with van der Waals surface area (Å²) in [5.41, 5.74) is 0.137. The molecular formula is C52H79NO14S. The van der Waals surface area contributed by atoms with Gasteiger partial charge in [-0.2, -0.15) is 11.8 Å². The van der Waals surface area contributed by atoms with Gasteiger partial charge in [0.2, 0.25) is 5.91 Å². The first-order valence-electron chi connectivity index (χ1n) is 24.9. The van der Waals surface area contributed by atoms with Crippen molar-refractivity contribution >= 4 is 23.6 Å². The minimum absolute atomic E-state index is 0.0306. The van der Waals surface area contributed by atoms with Crippen LogP contribution in [0.4, 0.5) is 0 Å². The average Bonchev–Trinajstić information content (AvgIpc) is 3.64. The van der Waals surface area contributed by atoms with E-state index in [1.165, 1.54) is 6.92 Å². The summed E-state index contributed by atoms with van der Waals surface area (Å²) in [6, 6.07) is 0. The molecule has 0 aromatic heterocycles. The molecule has 1 spiro atoms. The molecule has 20 atom stereocenters. The topological polar surface area (TPSA) is 179 Å². The van der Waals surface area contributed by atoms with Gasteiger partial charge < -0.3 is 62.9 Å². The van der Waals surface area contributed by atoms with Gasteiger partial charge >= 0.3 is 5.97 Å². The summed E-state index contributed by atoms with van der Waals surface area (Å²) in [6.07, 6.45) is 10.2. The van der Waals surface area contributed by atoms with Crippen LogP contribution in [0.25, 0.3) is 0 Å². The Morgan fingerprint density at radius 2 is 1.68 bits per heavy atom. The molecule has 68 heavy (non-hydrogen) atoms. The number of esters is 1. The van der Waals surface area contributed by atoms with Gasteiger partial charge in [-0.3, -0.25) is 9.59 Å². The maximum Gasteiger partial charge on any atom is 0.316 e. The van der Waals surface area contributed by atoms with Crippen LogP contribution in [-0.2, 0) is 57.0 Å². The average molecular weight is 974 g/mol. The first-order chi connectivity index (χ1) is 32.4. The van der Waals surface area contributed by atoms with Gasteiger partial charge in [0, 0.05) is 71.0 Å². The Balaban J connectivity index is 1.13. The lowest BCUT2D eigenvalue weighted by Gasteiger charge is -2.48. The van der Waals surface area contributed by atoms with Gasteiger partial charge in [-0.05, 0) is 62.8 Å². The molecule has 2 bridgehead atoms. The lowest BCUT2D eigenvalue weighted by molar-refractivity contribution is -0.309. The highest BCUT2D eigenvalue weighted by Crippen LogP contribution is 2.47. The van der Waals surface area contributed by atoms with Crippen LogP contribution in [0.2, 0.25) is 0 Å². The number of aliphatic hydroxyl groups excluding tert-OH is 1. The van der Waals surface area contributed by atoms with Crippen LogP contribution in [0.3, 0.4) is 0 Å². The first kappa shape index (κ1) is 53.4. The Bertz CT molecular complexity index is 1910. The molecule has 4 fully saturated rings. The summed E-state index contributed by atoms with van der Waals surface area (Å²) in [5.74, 6) is -1.89. The molecule has 0 aromatic carbocycles. The van der Waals surface area contributed by atoms with Crippen molar-refractivity contribution in [3.63, 3.8) is 0 Å². The molecule has 6 heterocycles. The van der Waals surface area contributed by atoms with Crippen LogP contribution in [-0.4, -0.2) is 152 Å². The van der Waals surface area contributed by atoms with Crippen molar-refractivity contribution < 1.29 is 67.2 Å². The molecule has 7 aliphatic rings. The van der Waals surface area contributed by atoms with Crippen molar-refractivity contribution in [1.82, 2.24) is 5.32 Å². The largest absolute Gasteiger partial charge is 0.462 e. The number of carbonyl (C=O) groups is 2. The highest BCUT2D eigenvalue weighted by Gasteiger charge is 2.60. The van der Waals surface area contributed by atoms with E-state index >= 15 is 0 Å². The van der Waals surface area contributed by atoms with Crippen molar-refractivity contribution in [1.29, 1.82) is 0 Å². The van der Waals surface area contributed by atoms with E-state index in [0.29, 0.717) is 49.8 Å². The van der Waals surface area contributed by atoms with E-state index in [9.17, 15) is 19.8 Å². The number of carbonyl (C=O) groups excluding carboxylic acids is 2. The SMILES string of the molecule is CCC(C)[C@H]1O[C@]2(C=C[C@@H]1C)C[C@@H]1C[C@@H](C/C=C(\C)[C@@H](O[C@H]3C[C@H](OC)[C@@H](O[C@H]4C[C@H](OC)[C@@H](SCCNC(C)=O)[C@H](C)O4)[C@H](C)O3)[C@@H](C)/C=C/C=C3\CO[C@@H]4[C@H](O)C(C)=C[C@@H](C(=O)O1)[C@]34O)O2. The fourth-order valence-electron chi connectivity index (χ4n) is 11.2. The smallest absolute Gasteiger partial charge is 0.316 e. The number of aliphatic hydroxyl groups is 2. The summed E-state index contributed by atoms with van der Waals surface area (Å²) < 4.78 is 65.1. The molecule has 6 aliphatic heterocycles. The van der Waals surface area contributed by atoms with E-state index in [1.54, 1.807) is 45.1 Å². The zero-order valence-electron chi connectivity index (χ0n) is 42.0. The second-order valence-electron chi connectivity index (χ2n) is 20.3. The van der Waals surface area contributed by atoms with E-state index in [1.807, 2.05) is 32.1 Å². The van der Waals surface area contributed by atoms with Gasteiger partial charge in [0.1, 0.15) is 35.9 Å². The van der Waals surface area contributed by atoms with E-state index in [4.69, 9.17) is 47.4 Å². The Morgan fingerprint density at radius 1 is 0.956 bits per heavy atom. The molecule has 0 aromatic rings. The van der Waals surface area contributed by atoms with Gasteiger partial charge in [0.25, 0.3) is 0 Å². The molecule has 382 valence electrons. The predicted octanol–water partition coefficient (Wildman–Crippen LogP) is 6.25. The van der Waals surface area contributed by atoms with Gasteiger partial charge in [-0.15, -0.1) is 0 Å². The third-order valence-corrected chi connectivity index (χ3v) is 16.8. The number of fused-ring (bicyclic) bond motifs is 2. The number of allylic oxidation sites excluding steroid dienone is 2. The number of hydrogen-bond acceptors (Lipinski definition) is 15. The van der Waals surface area contributed by atoms with Crippen LogP contribution in [0.15, 0.2) is 59.3 Å². The van der Waals surface area contributed by atoms with Crippen LogP contribution in [0.5, 0.6) is 0 Å². The second-order valence-corrected chi connectivity index (χ2v) is 21.6. The van der Waals surface area contributed by atoms with Gasteiger partial charge in [-0.25, -0.2) is 0 Å². The normalized spacial score (nSPS) is 45.8. The molecule has 0 saturated carbocycles. The number of amides is 1. The van der Waals surface area contributed by atoms with Crippen LogP contribution >= 0.6 is 11.8 Å². The van der Waals surface area contributed by atoms with Crippen LogP contribution in [0, 0.1) is 23.7 Å². The van der Waals surface area contributed by atoms with E-state index in [2.05, 4.69) is 52.1 Å². The summed E-state index contributed by atoms with van der Waals surface area (Å²) in [7, 11) is 3.38. The molecule has 3 N–H and O–H groups in total. The monoisotopic (exact) mass is 974 g/mol. The van der Waals surface area contributed by atoms with E-state index < -0.39 is 72.5 Å². The number of methoxy groups -OCH3 is 2. The molecule has 1 aliphatic carbocycles. The third-order valence-electron chi connectivity index (χ3n) is 15.3. The van der Waals surface area contributed by atoms with Crippen LogP contribution < -0.4 is 5.32 Å². The van der Waals surface area contributed by atoms with E-state index in [-0.39, 0.29) is 66.0 Å². The third kappa shape index (κ3) is 11.7. The maximum atomic E-state index is 14.4. The standard InChI is InChI=1S/C52H79NO14S/c1-12-28(2)46-31(5)18-19-51(67-46)26-38-23-37(66-51)17-16-30(4)45(29(3)14-13-15-36-27-60-49-44(55)32(6)22-39(50(56)63-38)52(36,49)57)64-42-24-40(58-10)47(33(7)61-42)65-43-25-41(59-11)48(34(8)62-43)68-21-20-53-35(9)54/h13-16,18-19,22,28-29,31,33-34,37-49,55,57H,12,17,20-21,23-27H2,1-11H3,(H,53,54)/b14-13+,30-16+,36-15+/t28?,29-,31-,33-,34-,37+,38-,39-,40-,41-,42-,43-,44+,45-,46+,47-,48-,49+,51+,52+/m0/s1. The molecule has 1 amide bonds. The number of thioether (sulfide) groups is 1. The van der Waals surface area contributed by atoms with Crippen molar-refractivity contribution in [2.75, 3.05) is 33.1 Å². The van der Waals surface area contributed by atoms with Gasteiger partial charge in [0.05, 0.1) is 54.6 Å². The summed E-state index contributed by atoms with van der Waals surface area (Å²) in [6.45, 7) is 18.5. The highest BCUT2D eigenvalue weighted by molar-refractivity contribution is 8.00. The molecular weight excluding hydrogens is 895 g/mol. The number of rotatable bonds is 12. The number of hydrogen-bond donors (Lipinski definition) is 3. The summed E-state index contributed by atoms with van der Waals surface area (Å²) >= 11 is 1.72. The second kappa shape index (κ2) is 23.0. The molecule has 1 unspecified atom stereocenters. The molecule has 4 saturated heterocycles. The molecule has 16 heteroatoms. The Hall–Kier alpha value is -2.45. The van der Waals surface area contributed by atoms with Crippen molar-refractivity contribution in [2.45, 2.75) is 197 Å². The van der Waals surface area contributed by atoms with Crippen molar-refractivity contribution in [3.8, 4) is 0 Å². The number of ether oxygens (including phenoxy) is 10.